The Morgan fingerprint density at radius 3 is 2.65 bits per heavy atom. The van der Waals surface area contributed by atoms with Gasteiger partial charge in [0.1, 0.15) is 5.75 Å². The van der Waals surface area contributed by atoms with Crippen molar-refractivity contribution in [3.63, 3.8) is 0 Å². The Labute approximate surface area is 149 Å². The van der Waals surface area contributed by atoms with Gasteiger partial charge in [-0.3, -0.25) is 0 Å². The monoisotopic (exact) mass is 367 g/mol. The van der Waals surface area contributed by atoms with E-state index in [1.54, 1.807) is 19.2 Å². The largest absolute Gasteiger partial charge is 0.484 e. The van der Waals surface area contributed by atoms with Crippen LogP contribution < -0.4 is 15.8 Å². The van der Waals surface area contributed by atoms with Crippen LogP contribution in [0.5, 0.6) is 5.75 Å². The van der Waals surface area contributed by atoms with E-state index >= 15 is 0 Å². The first-order valence-electron chi connectivity index (χ1n) is 7.79. The van der Waals surface area contributed by atoms with E-state index < -0.39 is 12.8 Å². The molecule has 0 heterocycles. The number of hydrogen-bond acceptors (Lipinski definition) is 3. The average Bonchev–Trinajstić information content (AvgIpc) is 2.60. The third-order valence-corrected chi connectivity index (χ3v) is 3.31. The van der Waals surface area contributed by atoms with E-state index in [9.17, 15) is 13.2 Å². The lowest BCUT2D eigenvalue weighted by Gasteiger charge is -2.11. The minimum Gasteiger partial charge on any atom is -0.484 e. The van der Waals surface area contributed by atoms with Crippen molar-refractivity contribution < 1.29 is 22.6 Å². The molecule has 2 aromatic carbocycles. The Balaban J connectivity index is 1.98. The molecule has 2 rings (SSSR count). The molecule has 3 N–H and O–H groups in total. The molecule has 0 spiro atoms. The molecule has 2 aromatic rings. The maximum Gasteiger partial charge on any atom is 0.422 e. The summed E-state index contributed by atoms with van der Waals surface area (Å²) in [6.45, 7) is -0.705. The van der Waals surface area contributed by atoms with E-state index in [4.69, 9.17) is 15.2 Å². The number of rotatable bonds is 7. The van der Waals surface area contributed by atoms with Crippen molar-refractivity contribution in [3.8, 4) is 5.75 Å². The molecule has 140 valence electrons. The normalized spacial score (nSPS) is 12.1. The van der Waals surface area contributed by atoms with Crippen molar-refractivity contribution >= 4 is 11.6 Å². The minimum absolute atomic E-state index is 0.131. The number of anilines is 1. The Morgan fingerprint density at radius 1 is 1.15 bits per heavy atom. The van der Waals surface area contributed by atoms with E-state index in [-0.39, 0.29) is 18.3 Å². The predicted octanol–water partition coefficient (Wildman–Crippen LogP) is 3.70. The van der Waals surface area contributed by atoms with Crippen LogP contribution in [0.15, 0.2) is 53.5 Å². The second kappa shape index (κ2) is 9.10. The lowest BCUT2D eigenvalue weighted by Crippen LogP contribution is -2.23. The Morgan fingerprint density at radius 2 is 1.92 bits per heavy atom. The van der Waals surface area contributed by atoms with Gasteiger partial charge in [0, 0.05) is 18.4 Å². The summed E-state index contributed by atoms with van der Waals surface area (Å²) in [5, 5.41) is 2.99. The van der Waals surface area contributed by atoms with Gasteiger partial charge in [0.15, 0.2) is 12.6 Å². The lowest BCUT2D eigenvalue weighted by molar-refractivity contribution is -0.153. The van der Waals surface area contributed by atoms with Gasteiger partial charge >= 0.3 is 6.18 Å². The van der Waals surface area contributed by atoms with Gasteiger partial charge in [-0.2, -0.15) is 13.2 Å². The summed E-state index contributed by atoms with van der Waals surface area (Å²) in [5.74, 6) is 0.321. The zero-order valence-corrected chi connectivity index (χ0v) is 14.2. The standard InChI is InChI=1S/C18H20F3N3O2/c1-25-11-14-6-2-3-8-16(14)24-17(22)23-10-13-5-4-7-15(9-13)26-12-18(19,20)21/h2-9H,10-12H2,1H3,(H3,22,23,24). The number of guanidine groups is 1. The van der Waals surface area contributed by atoms with E-state index in [2.05, 4.69) is 10.3 Å². The first-order valence-corrected chi connectivity index (χ1v) is 7.79. The van der Waals surface area contributed by atoms with Crippen LogP contribution in [0.1, 0.15) is 11.1 Å². The molecule has 8 heteroatoms. The highest BCUT2D eigenvalue weighted by Gasteiger charge is 2.28. The first kappa shape index (κ1) is 19.6. The molecule has 0 aromatic heterocycles. The van der Waals surface area contributed by atoms with E-state index in [0.29, 0.717) is 12.2 Å². The lowest BCUT2D eigenvalue weighted by atomic mass is 10.2. The maximum atomic E-state index is 12.2. The van der Waals surface area contributed by atoms with Gasteiger partial charge < -0.3 is 20.5 Å². The second-order valence-corrected chi connectivity index (χ2v) is 5.47. The number of nitrogens with one attached hydrogen (secondary N) is 1. The number of hydrogen-bond donors (Lipinski definition) is 2. The van der Waals surface area contributed by atoms with Crippen molar-refractivity contribution in [2.24, 2.45) is 10.7 Å². The molecule has 0 bridgehead atoms. The second-order valence-electron chi connectivity index (χ2n) is 5.47. The molecular formula is C18H20F3N3O2. The Hall–Kier alpha value is -2.74. The van der Waals surface area contributed by atoms with Gasteiger partial charge in [0.2, 0.25) is 0 Å². The van der Waals surface area contributed by atoms with Crippen LogP contribution in [-0.4, -0.2) is 25.9 Å². The van der Waals surface area contributed by atoms with Gasteiger partial charge in [0.05, 0.1) is 13.2 Å². The summed E-state index contributed by atoms with van der Waals surface area (Å²) in [7, 11) is 1.60. The highest BCUT2D eigenvalue weighted by molar-refractivity contribution is 5.92. The van der Waals surface area contributed by atoms with Crippen molar-refractivity contribution in [2.45, 2.75) is 19.3 Å². The molecule has 0 fully saturated rings. The minimum atomic E-state index is -4.38. The summed E-state index contributed by atoms with van der Waals surface area (Å²) in [6, 6.07) is 13.8. The fourth-order valence-electron chi connectivity index (χ4n) is 2.18. The van der Waals surface area contributed by atoms with Gasteiger partial charge in [-0.1, -0.05) is 30.3 Å². The van der Waals surface area contributed by atoms with Crippen LogP contribution in [-0.2, 0) is 17.9 Å². The summed E-state index contributed by atoms with van der Waals surface area (Å²) < 4.78 is 46.5. The molecule has 0 atom stereocenters. The van der Waals surface area contributed by atoms with Gasteiger partial charge in [-0.15, -0.1) is 0 Å². The van der Waals surface area contributed by atoms with E-state index in [0.717, 1.165) is 11.3 Å². The maximum absolute atomic E-state index is 12.2. The molecule has 0 aliphatic rings. The SMILES string of the molecule is COCc1ccccc1NC(N)=NCc1cccc(OCC(F)(F)F)c1. The highest BCUT2D eigenvalue weighted by atomic mass is 19.4. The number of nitrogens with zero attached hydrogens (tertiary/aromatic N) is 1. The number of methoxy groups -OCH3 is 1. The molecule has 0 amide bonds. The average molecular weight is 367 g/mol. The summed E-state index contributed by atoms with van der Waals surface area (Å²) in [6.07, 6.45) is -4.38. The predicted molar refractivity (Wildman–Crippen MR) is 94.1 cm³/mol. The molecular weight excluding hydrogens is 347 g/mol. The van der Waals surface area contributed by atoms with Crippen LogP contribution in [0.2, 0.25) is 0 Å². The smallest absolute Gasteiger partial charge is 0.422 e. The summed E-state index contributed by atoms with van der Waals surface area (Å²) in [5.41, 5.74) is 8.27. The van der Waals surface area contributed by atoms with E-state index in [1.165, 1.54) is 12.1 Å². The quantitative estimate of drug-likeness (QED) is 0.578. The summed E-state index contributed by atoms with van der Waals surface area (Å²) >= 11 is 0. The zero-order chi connectivity index (χ0) is 19.0. The van der Waals surface area contributed by atoms with Crippen LogP contribution in [0.4, 0.5) is 18.9 Å². The van der Waals surface area contributed by atoms with Crippen LogP contribution in [0.3, 0.4) is 0 Å². The molecule has 0 unspecified atom stereocenters. The molecule has 0 saturated heterocycles. The third-order valence-electron chi connectivity index (χ3n) is 3.31. The molecule has 0 radical (unpaired) electrons. The number of aliphatic imine (C=N–C) groups is 1. The van der Waals surface area contributed by atoms with Crippen molar-refractivity contribution in [2.75, 3.05) is 19.0 Å². The van der Waals surface area contributed by atoms with Crippen LogP contribution in [0.25, 0.3) is 0 Å². The number of halogens is 3. The number of benzene rings is 2. The zero-order valence-electron chi connectivity index (χ0n) is 14.2. The Kier molecular flexibility index (Phi) is 6.85. The number of nitrogens with two attached hydrogens (primary N) is 1. The third kappa shape index (κ3) is 6.64. The van der Waals surface area contributed by atoms with Crippen LogP contribution in [0, 0.1) is 0 Å². The fraction of sp³-hybridized carbons (Fsp3) is 0.278. The van der Waals surface area contributed by atoms with Gasteiger partial charge in [-0.05, 0) is 23.8 Å². The van der Waals surface area contributed by atoms with Crippen molar-refractivity contribution in [3.05, 3.63) is 59.7 Å². The van der Waals surface area contributed by atoms with Crippen molar-refractivity contribution in [1.82, 2.24) is 0 Å². The molecule has 0 saturated carbocycles. The first-order chi connectivity index (χ1) is 12.4. The fourth-order valence-corrected chi connectivity index (χ4v) is 2.18. The van der Waals surface area contributed by atoms with Crippen molar-refractivity contribution in [1.29, 1.82) is 0 Å². The van der Waals surface area contributed by atoms with Gasteiger partial charge in [-0.25, -0.2) is 4.99 Å². The molecule has 0 aliphatic heterocycles. The molecule has 5 nitrogen and oxygen atoms in total. The molecule has 0 aliphatic carbocycles. The van der Waals surface area contributed by atoms with Crippen LogP contribution >= 0.6 is 0 Å². The number of ether oxygens (including phenoxy) is 2. The number of alkyl halides is 3. The Bertz CT molecular complexity index is 748. The number of para-hydroxylation sites is 1. The highest BCUT2D eigenvalue weighted by Crippen LogP contribution is 2.20. The van der Waals surface area contributed by atoms with E-state index in [1.807, 2.05) is 24.3 Å². The molecule has 26 heavy (non-hydrogen) atoms. The van der Waals surface area contributed by atoms with Gasteiger partial charge in [0.25, 0.3) is 0 Å². The summed E-state index contributed by atoms with van der Waals surface area (Å²) in [4.78, 5) is 4.21. The topological polar surface area (TPSA) is 68.9 Å².